The molecule has 0 aliphatic carbocycles. The summed E-state index contributed by atoms with van der Waals surface area (Å²) in [6, 6.07) is 25.4. The minimum absolute atomic E-state index is 0.142. The molecule has 2 bridgehead atoms. The zero-order valence-electron chi connectivity index (χ0n) is 23.7. The highest BCUT2D eigenvalue weighted by molar-refractivity contribution is 5.81. The molecule has 4 atom stereocenters. The van der Waals surface area contributed by atoms with Crippen LogP contribution in [0.2, 0.25) is 0 Å². The fourth-order valence-electron chi connectivity index (χ4n) is 6.50. The van der Waals surface area contributed by atoms with Gasteiger partial charge in [-0.2, -0.15) is 0 Å². The molecule has 7 heteroatoms. The van der Waals surface area contributed by atoms with E-state index < -0.39 is 17.8 Å². The third-order valence-electron chi connectivity index (χ3n) is 8.11. The maximum absolute atomic E-state index is 12.9. The number of rotatable bonds is 9. The molecule has 0 aromatic heterocycles. The van der Waals surface area contributed by atoms with E-state index >= 15 is 0 Å². The van der Waals surface area contributed by atoms with Gasteiger partial charge in [0.15, 0.2) is 0 Å². The van der Waals surface area contributed by atoms with E-state index in [1.807, 2.05) is 78.9 Å². The molecular formula is C33H37NO6. The summed E-state index contributed by atoms with van der Waals surface area (Å²) in [7, 11) is 3.28. The van der Waals surface area contributed by atoms with Crippen molar-refractivity contribution in [1.82, 2.24) is 4.90 Å². The minimum atomic E-state index is -1.09. The molecule has 0 radical (unpaired) electrons. The summed E-state index contributed by atoms with van der Waals surface area (Å²) in [6.07, 6.45) is -0.494. The number of hydrogen-bond acceptors (Lipinski definition) is 7. The van der Waals surface area contributed by atoms with Crippen molar-refractivity contribution in [2.24, 2.45) is 0 Å². The number of carbonyl (C=O) groups is 2. The molecule has 3 aromatic carbocycles. The topological polar surface area (TPSA) is 74.3 Å². The first-order valence-corrected chi connectivity index (χ1v) is 13.8. The Labute approximate surface area is 236 Å². The summed E-state index contributed by atoms with van der Waals surface area (Å²) in [6.45, 7) is 5.64. The van der Waals surface area contributed by atoms with Crippen molar-refractivity contribution in [3.8, 4) is 11.5 Å². The predicted molar refractivity (Wildman–Crippen MR) is 152 cm³/mol. The van der Waals surface area contributed by atoms with Gasteiger partial charge in [-0.3, -0.25) is 14.5 Å². The molecule has 7 nitrogen and oxygen atoms in total. The summed E-state index contributed by atoms with van der Waals surface area (Å²) in [4.78, 5) is 27.6. The monoisotopic (exact) mass is 543 g/mol. The summed E-state index contributed by atoms with van der Waals surface area (Å²) in [5.74, 6) is 1.23. The highest BCUT2D eigenvalue weighted by atomic mass is 16.6. The van der Waals surface area contributed by atoms with Crippen LogP contribution in [0.4, 0.5) is 0 Å². The number of Topliss-reactive ketones (excluding diaryl/α,β-unsaturated/α-hetero) is 1. The Hall–Kier alpha value is -3.68. The number of hydrogen-bond donors (Lipinski definition) is 0. The Balaban J connectivity index is 1.74. The summed E-state index contributed by atoms with van der Waals surface area (Å²) in [5, 5.41) is 0. The fourth-order valence-corrected chi connectivity index (χ4v) is 6.50. The Morgan fingerprint density at radius 2 is 1.25 bits per heavy atom. The predicted octanol–water partition coefficient (Wildman–Crippen LogP) is 5.14. The van der Waals surface area contributed by atoms with E-state index in [0.29, 0.717) is 12.8 Å². The number of ketones is 1. The van der Waals surface area contributed by atoms with Gasteiger partial charge in [0.1, 0.15) is 35.1 Å². The van der Waals surface area contributed by atoms with E-state index in [1.165, 1.54) is 6.92 Å². The van der Waals surface area contributed by atoms with Crippen molar-refractivity contribution >= 4 is 11.8 Å². The highest BCUT2D eigenvalue weighted by Gasteiger charge is 2.58. The quantitative estimate of drug-likeness (QED) is 0.273. The average Bonchev–Trinajstić information content (AvgIpc) is 3.15. The first-order chi connectivity index (χ1) is 19.3. The van der Waals surface area contributed by atoms with Gasteiger partial charge in [0.25, 0.3) is 0 Å². The zero-order chi connectivity index (χ0) is 28.4. The number of fused-ring (bicyclic) bond motifs is 2. The van der Waals surface area contributed by atoms with Gasteiger partial charge in [-0.25, -0.2) is 0 Å². The van der Waals surface area contributed by atoms with Gasteiger partial charge >= 0.3 is 5.97 Å². The molecule has 0 N–H and O–H groups in total. The van der Waals surface area contributed by atoms with E-state index in [4.69, 9.17) is 18.9 Å². The van der Waals surface area contributed by atoms with Crippen molar-refractivity contribution < 1.29 is 28.5 Å². The van der Waals surface area contributed by atoms with Crippen molar-refractivity contribution in [2.45, 2.75) is 69.5 Å². The van der Waals surface area contributed by atoms with Crippen LogP contribution >= 0.6 is 0 Å². The van der Waals surface area contributed by atoms with Crippen molar-refractivity contribution in [1.29, 1.82) is 0 Å². The van der Waals surface area contributed by atoms with Crippen LogP contribution in [0, 0.1) is 0 Å². The van der Waals surface area contributed by atoms with Crippen molar-refractivity contribution in [2.75, 3.05) is 14.2 Å². The Morgan fingerprint density at radius 3 is 1.70 bits per heavy atom. The minimum Gasteiger partial charge on any atom is -0.497 e. The molecule has 2 aliphatic rings. The molecule has 0 unspecified atom stereocenters. The molecule has 2 saturated heterocycles. The normalized spacial score (nSPS) is 22.8. The molecule has 2 aliphatic heterocycles. The van der Waals surface area contributed by atoms with Crippen LogP contribution in [0.3, 0.4) is 0 Å². The van der Waals surface area contributed by atoms with Gasteiger partial charge in [-0.15, -0.1) is 0 Å². The number of ether oxygens (including phenoxy) is 4. The van der Waals surface area contributed by atoms with Gasteiger partial charge in [-0.05, 0) is 54.8 Å². The van der Waals surface area contributed by atoms with E-state index in [0.717, 1.165) is 28.2 Å². The van der Waals surface area contributed by atoms with Gasteiger partial charge in [0, 0.05) is 31.8 Å². The number of piperidine rings is 1. The number of carbonyl (C=O) groups excluding carboxylic acids is 2. The lowest BCUT2D eigenvalue weighted by molar-refractivity contribution is -0.160. The first-order valence-electron chi connectivity index (χ1n) is 13.8. The van der Waals surface area contributed by atoms with Crippen molar-refractivity contribution in [3.63, 3.8) is 0 Å². The second-order valence-electron chi connectivity index (χ2n) is 10.8. The third-order valence-corrected chi connectivity index (χ3v) is 8.11. The molecule has 0 amide bonds. The maximum atomic E-state index is 12.9. The summed E-state index contributed by atoms with van der Waals surface area (Å²) in [5.41, 5.74) is 1.59. The second kappa shape index (κ2) is 11.4. The molecule has 40 heavy (non-hydrogen) atoms. The SMILES string of the molecule is COc1ccc(C(O[C@H]2[C@@H](OC(C)=O)[C@@H]3CC(=O)C[C@H]2N3C(C)C)(c2ccccc2)c2ccc(OC)cc2)cc1. The van der Waals surface area contributed by atoms with E-state index in [2.05, 4.69) is 18.7 Å². The van der Waals surface area contributed by atoms with E-state index in [-0.39, 0.29) is 29.9 Å². The number of esters is 1. The molecular weight excluding hydrogens is 506 g/mol. The molecule has 5 rings (SSSR count). The van der Waals surface area contributed by atoms with Crippen molar-refractivity contribution in [3.05, 3.63) is 95.6 Å². The average molecular weight is 544 g/mol. The second-order valence-corrected chi connectivity index (χ2v) is 10.8. The number of benzene rings is 3. The van der Waals surface area contributed by atoms with Gasteiger partial charge in [0.05, 0.1) is 20.3 Å². The van der Waals surface area contributed by atoms with Crippen LogP contribution in [0.5, 0.6) is 11.5 Å². The third kappa shape index (κ3) is 5.00. The highest BCUT2D eigenvalue weighted by Crippen LogP contribution is 2.48. The molecule has 3 aromatic rings. The summed E-state index contributed by atoms with van der Waals surface area (Å²) < 4.78 is 24.3. The molecule has 0 saturated carbocycles. The molecule has 2 fully saturated rings. The lowest BCUT2D eigenvalue weighted by Gasteiger charge is -2.41. The van der Waals surface area contributed by atoms with Gasteiger partial charge < -0.3 is 18.9 Å². The smallest absolute Gasteiger partial charge is 0.303 e. The van der Waals surface area contributed by atoms with E-state index in [9.17, 15) is 9.59 Å². The molecule has 210 valence electrons. The molecule has 2 heterocycles. The largest absolute Gasteiger partial charge is 0.497 e. The van der Waals surface area contributed by atoms with Crippen LogP contribution in [0.1, 0.15) is 50.3 Å². The lowest BCUT2D eigenvalue weighted by Crippen LogP contribution is -2.50. The van der Waals surface area contributed by atoms with E-state index in [1.54, 1.807) is 14.2 Å². The van der Waals surface area contributed by atoms with Gasteiger partial charge in [0.2, 0.25) is 0 Å². The Kier molecular flexibility index (Phi) is 7.97. The van der Waals surface area contributed by atoms with Gasteiger partial charge in [-0.1, -0.05) is 54.6 Å². The van der Waals surface area contributed by atoms with Crippen LogP contribution < -0.4 is 9.47 Å². The van der Waals surface area contributed by atoms with Crippen LogP contribution in [0.15, 0.2) is 78.9 Å². The fraction of sp³-hybridized carbons (Fsp3) is 0.394. The van der Waals surface area contributed by atoms with Crippen LogP contribution in [0.25, 0.3) is 0 Å². The zero-order valence-corrected chi connectivity index (χ0v) is 23.7. The van der Waals surface area contributed by atoms with Crippen LogP contribution in [-0.4, -0.2) is 61.2 Å². The van der Waals surface area contributed by atoms with Crippen LogP contribution in [-0.2, 0) is 24.7 Å². The first kappa shape index (κ1) is 27.9. The summed E-state index contributed by atoms with van der Waals surface area (Å²) >= 11 is 0. The Bertz CT molecular complexity index is 1270. The number of nitrogens with zero attached hydrogens (tertiary/aromatic N) is 1. The number of methoxy groups -OCH3 is 2. The maximum Gasteiger partial charge on any atom is 0.303 e. The lowest BCUT2D eigenvalue weighted by atomic mass is 9.79. The Morgan fingerprint density at radius 1 is 0.775 bits per heavy atom. The standard InChI is InChI=1S/C33H37NO6/c1-21(2)34-29-19-26(36)20-30(34)32(31(29)39-22(3)35)40-33(23-9-7-6-8-10-23,24-11-15-27(37-4)16-12-24)25-13-17-28(38-5)18-14-25/h6-18,21,29-32H,19-20H2,1-5H3/t29-,30+,31-,32+/m0/s1. The molecule has 0 spiro atoms.